The van der Waals surface area contributed by atoms with Gasteiger partial charge in [-0.15, -0.1) is 0 Å². The molecule has 0 saturated carbocycles. The highest BCUT2D eigenvalue weighted by atomic mass is 19.1. The highest BCUT2D eigenvalue weighted by molar-refractivity contribution is 5.68. The molecule has 0 amide bonds. The van der Waals surface area contributed by atoms with E-state index in [1.54, 1.807) is 24.0 Å². The number of anilines is 1. The van der Waals surface area contributed by atoms with Gasteiger partial charge >= 0.3 is 0 Å². The Morgan fingerprint density at radius 2 is 2.21 bits per heavy atom. The maximum Gasteiger partial charge on any atom is 0.141 e. The fourth-order valence-corrected chi connectivity index (χ4v) is 1.22. The van der Waals surface area contributed by atoms with Crippen molar-refractivity contribution in [2.45, 2.75) is 0 Å². The van der Waals surface area contributed by atoms with Crippen molar-refractivity contribution in [3.63, 3.8) is 0 Å². The molecule has 0 spiro atoms. The summed E-state index contributed by atoms with van der Waals surface area (Å²) in [5, 5.41) is 4.12. The van der Waals surface area contributed by atoms with Crippen LogP contribution in [0, 0.1) is 5.82 Å². The van der Waals surface area contributed by atoms with Gasteiger partial charge in [0.25, 0.3) is 0 Å². The molecule has 0 bridgehead atoms. The van der Waals surface area contributed by atoms with Crippen LogP contribution in [0.1, 0.15) is 0 Å². The quantitative estimate of drug-likeness (QED) is 0.738. The van der Waals surface area contributed by atoms with Crippen LogP contribution >= 0.6 is 0 Å². The van der Waals surface area contributed by atoms with Crippen LogP contribution < -0.4 is 5.73 Å². The van der Waals surface area contributed by atoms with Crippen LogP contribution in [0.25, 0.3) is 11.4 Å². The van der Waals surface area contributed by atoms with E-state index < -0.39 is 0 Å². The van der Waals surface area contributed by atoms with Crippen molar-refractivity contribution < 1.29 is 4.39 Å². The Morgan fingerprint density at radius 1 is 1.43 bits per heavy atom. The number of halogens is 1. The molecule has 4 nitrogen and oxygen atoms in total. The standard InChI is InChI=1S/C9H9FN4/c1-14-5-7(11)9(13-14)8-3-2-6(10)4-12-8/h2-5H,11H2,1H3. The first-order valence-corrected chi connectivity index (χ1v) is 4.08. The summed E-state index contributed by atoms with van der Waals surface area (Å²) >= 11 is 0. The molecule has 0 aromatic carbocycles. The molecule has 0 radical (unpaired) electrons. The van der Waals surface area contributed by atoms with Crippen molar-refractivity contribution in [1.82, 2.24) is 14.8 Å². The minimum atomic E-state index is -0.372. The van der Waals surface area contributed by atoms with Gasteiger partial charge in [0.05, 0.1) is 17.6 Å². The minimum absolute atomic E-state index is 0.372. The van der Waals surface area contributed by atoms with Gasteiger partial charge in [-0.1, -0.05) is 0 Å². The molecule has 2 heterocycles. The van der Waals surface area contributed by atoms with Gasteiger partial charge in [0, 0.05) is 13.2 Å². The Kier molecular flexibility index (Phi) is 1.92. The highest BCUT2D eigenvalue weighted by Crippen LogP contribution is 2.21. The largest absolute Gasteiger partial charge is 0.396 e. The van der Waals surface area contributed by atoms with Gasteiger partial charge in [0.15, 0.2) is 0 Å². The molecule has 0 unspecified atom stereocenters. The molecule has 0 saturated heterocycles. The predicted octanol–water partition coefficient (Wildman–Crippen LogP) is 1.20. The first kappa shape index (κ1) is 8.68. The smallest absolute Gasteiger partial charge is 0.141 e. The lowest BCUT2D eigenvalue weighted by Crippen LogP contribution is -1.91. The van der Waals surface area contributed by atoms with Crippen LogP contribution in [-0.4, -0.2) is 14.8 Å². The monoisotopic (exact) mass is 192 g/mol. The summed E-state index contributed by atoms with van der Waals surface area (Å²) in [5.41, 5.74) is 7.38. The van der Waals surface area contributed by atoms with Crippen molar-refractivity contribution in [2.24, 2.45) is 7.05 Å². The number of aromatic nitrogens is 3. The van der Waals surface area contributed by atoms with Crippen molar-refractivity contribution in [3.05, 3.63) is 30.3 Å². The lowest BCUT2D eigenvalue weighted by molar-refractivity contribution is 0.621. The second-order valence-electron chi connectivity index (χ2n) is 2.97. The third-order valence-electron chi connectivity index (χ3n) is 1.83. The Bertz CT molecular complexity index is 446. The zero-order valence-corrected chi connectivity index (χ0v) is 7.61. The van der Waals surface area contributed by atoms with E-state index >= 15 is 0 Å². The van der Waals surface area contributed by atoms with E-state index in [1.807, 2.05) is 0 Å². The summed E-state index contributed by atoms with van der Waals surface area (Å²) in [4.78, 5) is 3.89. The molecule has 2 aromatic rings. The highest BCUT2D eigenvalue weighted by Gasteiger charge is 2.07. The lowest BCUT2D eigenvalue weighted by Gasteiger charge is -1.96. The third-order valence-corrected chi connectivity index (χ3v) is 1.83. The Morgan fingerprint density at radius 3 is 2.71 bits per heavy atom. The number of rotatable bonds is 1. The Labute approximate surface area is 80.2 Å². The molecule has 0 aliphatic heterocycles. The van der Waals surface area contributed by atoms with Gasteiger partial charge in [-0.3, -0.25) is 9.67 Å². The number of pyridine rings is 1. The summed E-state index contributed by atoms with van der Waals surface area (Å²) in [6.45, 7) is 0. The molecule has 0 fully saturated rings. The number of nitrogens with zero attached hydrogens (tertiary/aromatic N) is 3. The molecule has 0 aliphatic carbocycles. The maximum atomic E-state index is 12.6. The van der Waals surface area contributed by atoms with Gasteiger partial charge in [0.1, 0.15) is 11.5 Å². The van der Waals surface area contributed by atoms with Gasteiger partial charge in [-0.05, 0) is 12.1 Å². The maximum absolute atomic E-state index is 12.6. The van der Waals surface area contributed by atoms with E-state index in [-0.39, 0.29) is 5.82 Å². The number of hydrogen-bond donors (Lipinski definition) is 1. The van der Waals surface area contributed by atoms with Crippen LogP contribution in [0.3, 0.4) is 0 Å². The van der Waals surface area contributed by atoms with Gasteiger partial charge in [-0.2, -0.15) is 5.10 Å². The summed E-state index contributed by atoms with van der Waals surface area (Å²) in [6, 6.07) is 2.88. The fraction of sp³-hybridized carbons (Fsp3) is 0.111. The van der Waals surface area contributed by atoms with Crippen molar-refractivity contribution in [1.29, 1.82) is 0 Å². The van der Waals surface area contributed by atoms with E-state index in [1.165, 1.54) is 6.07 Å². The van der Waals surface area contributed by atoms with Crippen LogP contribution in [0.2, 0.25) is 0 Å². The second kappa shape index (κ2) is 3.10. The number of hydrogen-bond acceptors (Lipinski definition) is 3. The van der Waals surface area contributed by atoms with E-state index in [2.05, 4.69) is 10.1 Å². The van der Waals surface area contributed by atoms with Gasteiger partial charge in [-0.25, -0.2) is 4.39 Å². The zero-order valence-electron chi connectivity index (χ0n) is 7.61. The van der Waals surface area contributed by atoms with Crippen molar-refractivity contribution >= 4 is 5.69 Å². The summed E-state index contributed by atoms with van der Waals surface area (Å²) < 4.78 is 14.2. The SMILES string of the molecule is Cn1cc(N)c(-c2ccc(F)cn2)n1. The Balaban J connectivity index is 2.49. The van der Waals surface area contributed by atoms with Gasteiger partial charge < -0.3 is 5.73 Å². The molecule has 0 aliphatic rings. The normalized spacial score (nSPS) is 10.4. The van der Waals surface area contributed by atoms with Crippen molar-refractivity contribution in [3.8, 4) is 11.4 Å². The first-order chi connectivity index (χ1) is 6.66. The molecule has 0 atom stereocenters. The Hall–Kier alpha value is -1.91. The van der Waals surface area contributed by atoms with Gasteiger partial charge in [0.2, 0.25) is 0 Å². The van der Waals surface area contributed by atoms with Crippen LogP contribution in [0.5, 0.6) is 0 Å². The predicted molar refractivity (Wildman–Crippen MR) is 50.8 cm³/mol. The topological polar surface area (TPSA) is 56.7 Å². The molecule has 2 aromatic heterocycles. The zero-order chi connectivity index (χ0) is 10.1. The summed E-state index contributed by atoms with van der Waals surface area (Å²) in [7, 11) is 1.77. The average molecular weight is 192 g/mol. The van der Waals surface area contributed by atoms with Crippen molar-refractivity contribution in [2.75, 3.05) is 5.73 Å². The number of nitrogen functional groups attached to an aromatic ring is 1. The fourth-order valence-electron chi connectivity index (χ4n) is 1.22. The minimum Gasteiger partial charge on any atom is -0.396 e. The molecule has 2 rings (SSSR count). The second-order valence-corrected chi connectivity index (χ2v) is 2.97. The lowest BCUT2D eigenvalue weighted by atomic mass is 10.2. The molecule has 14 heavy (non-hydrogen) atoms. The molecule has 2 N–H and O–H groups in total. The first-order valence-electron chi connectivity index (χ1n) is 4.08. The molecule has 72 valence electrons. The number of nitrogens with two attached hydrogens (primary N) is 1. The van der Waals surface area contributed by atoms with Crippen LogP contribution in [0.15, 0.2) is 24.5 Å². The van der Waals surface area contributed by atoms with E-state index in [4.69, 9.17) is 5.73 Å². The van der Waals surface area contributed by atoms with E-state index in [0.29, 0.717) is 17.1 Å². The van der Waals surface area contributed by atoms with E-state index in [9.17, 15) is 4.39 Å². The molecular formula is C9H9FN4. The molecular weight excluding hydrogens is 183 g/mol. The third kappa shape index (κ3) is 1.44. The van der Waals surface area contributed by atoms with Crippen LogP contribution in [-0.2, 0) is 7.05 Å². The summed E-state index contributed by atoms with van der Waals surface area (Å²) in [6.07, 6.45) is 2.82. The summed E-state index contributed by atoms with van der Waals surface area (Å²) in [5.74, 6) is -0.372. The number of aryl methyl sites for hydroxylation is 1. The van der Waals surface area contributed by atoms with Crippen LogP contribution in [0.4, 0.5) is 10.1 Å². The average Bonchev–Trinajstić information content (AvgIpc) is 2.47. The van der Waals surface area contributed by atoms with E-state index in [0.717, 1.165) is 6.20 Å². The molecule has 5 heteroatoms.